The van der Waals surface area contributed by atoms with E-state index in [0.717, 1.165) is 4.48 Å². The molecule has 0 aromatic carbocycles. The monoisotopic (exact) mass is 324 g/mol. The molecule has 18 heavy (non-hydrogen) atoms. The van der Waals surface area contributed by atoms with E-state index in [1.165, 1.54) is 70.8 Å². The molecule has 0 bridgehead atoms. The highest BCUT2D eigenvalue weighted by atomic mass is 79.9. The lowest BCUT2D eigenvalue weighted by molar-refractivity contribution is -0.870. The first-order valence-electron chi connectivity index (χ1n) is 7.36. The summed E-state index contributed by atoms with van der Waals surface area (Å²) in [5, 5.41) is 0. The summed E-state index contributed by atoms with van der Waals surface area (Å²) in [6.07, 6.45) is 14.4. The highest BCUT2D eigenvalue weighted by Crippen LogP contribution is 2.10. The Hall–Kier alpha value is 0.400. The molecule has 0 aliphatic rings. The van der Waals surface area contributed by atoms with Crippen LogP contribution in [0.5, 0.6) is 0 Å². The molecule has 3 N–H and O–H groups in total. The second kappa shape index (κ2) is 15.5. The summed E-state index contributed by atoms with van der Waals surface area (Å²) in [7, 11) is 6.86. The fourth-order valence-corrected chi connectivity index (χ4v) is 2.07. The summed E-state index contributed by atoms with van der Waals surface area (Å²) >= 11 is 0. The maximum Gasteiger partial charge on any atom is 0.0780 e. The average Bonchev–Trinajstić information content (AvgIpc) is 2.19. The van der Waals surface area contributed by atoms with Crippen molar-refractivity contribution in [2.75, 3.05) is 27.7 Å². The Bertz CT molecular complexity index is 144. The van der Waals surface area contributed by atoms with E-state index in [9.17, 15) is 0 Å². The Kier molecular flexibility index (Phi) is 20.2. The molecule has 0 radical (unpaired) electrons. The van der Waals surface area contributed by atoms with Crippen LogP contribution in [0.4, 0.5) is 0 Å². The molecular weight excluding hydrogens is 288 g/mol. The minimum absolute atomic E-state index is 0. The van der Waals surface area contributed by atoms with Crippen LogP contribution in [-0.4, -0.2) is 32.2 Å². The summed E-state index contributed by atoms with van der Waals surface area (Å²) in [4.78, 5) is 0. The van der Waals surface area contributed by atoms with Crippen molar-refractivity contribution in [1.29, 1.82) is 0 Å². The van der Waals surface area contributed by atoms with Crippen LogP contribution < -0.4 is 23.1 Å². The number of unbranched alkanes of at least 4 members (excludes halogenated alkanes) is 9. The van der Waals surface area contributed by atoms with Crippen molar-refractivity contribution in [3.63, 3.8) is 0 Å². The lowest BCUT2D eigenvalue weighted by Crippen LogP contribution is -3.00. The third kappa shape index (κ3) is 21.7. The standard InChI is InChI=1S/C15H34N.BrH.H3N/c1-5-6-7-8-9-10-11-12-13-14-15-16(2,3)4;;/h5-15H2,1-4H3;1H;1H3/q+1;;/p-1. The normalized spacial score (nSPS) is 10.7. The van der Waals surface area contributed by atoms with Gasteiger partial charge in [-0.3, -0.25) is 0 Å². The van der Waals surface area contributed by atoms with Crippen LogP contribution in [0.25, 0.3) is 0 Å². The molecule has 0 spiro atoms. The van der Waals surface area contributed by atoms with Gasteiger partial charge in [0.05, 0.1) is 27.7 Å². The van der Waals surface area contributed by atoms with Gasteiger partial charge >= 0.3 is 0 Å². The van der Waals surface area contributed by atoms with Crippen molar-refractivity contribution in [3.8, 4) is 0 Å². The van der Waals surface area contributed by atoms with Gasteiger partial charge in [-0.05, 0) is 12.8 Å². The van der Waals surface area contributed by atoms with E-state index < -0.39 is 0 Å². The van der Waals surface area contributed by atoms with Crippen LogP contribution in [-0.2, 0) is 0 Å². The fraction of sp³-hybridized carbons (Fsp3) is 1.00. The number of hydrogen-bond donors (Lipinski definition) is 1. The first kappa shape index (κ1) is 23.5. The molecule has 114 valence electrons. The highest BCUT2D eigenvalue weighted by Gasteiger charge is 2.04. The molecule has 0 aliphatic heterocycles. The zero-order valence-corrected chi connectivity index (χ0v) is 14.9. The van der Waals surface area contributed by atoms with Gasteiger partial charge in [-0.2, -0.15) is 0 Å². The zero-order chi connectivity index (χ0) is 12.3. The zero-order valence-electron chi connectivity index (χ0n) is 13.3. The summed E-state index contributed by atoms with van der Waals surface area (Å²) in [6, 6.07) is 0. The number of hydrogen-bond acceptors (Lipinski definition) is 1. The summed E-state index contributed by atoms with van der Waals surface area (Å²) in [5.41, 5.74) is 0. The molecule has 0 saturated heterocycles. The van der Waals surface area contributed by atoms with Crippen LogP contribution in [0.3, 0.4) is 0 Å². The maximum atomic E-state index is 2.29. The molecular formula is C15H37BrN2. The molecule has 0 aromatic heterocycles. The molecule has 0 aromatic rings. The Morgan fingerprint density at radius 2 is 0.944 bits per heavy atom. The van der Waals surface area contributed by atoms with Gasteiger partial charge < -0.3 is 27.6 Å². The molecule has 0 atom stereocenters. The van der Waals surface area contributed by atoms with Gasteiger partial charge in [-0.1, -0.05) is 58.3 Å². The molecule has 3 heteroatoms. The van der Waals surface area contributed by atoms with Gasteiger partial charge in [0.1, 0.15) is 0 Å². The molecule has 0 rings (SSSR count). The van der Waals surface area contributed by atoms with Gasteiger partial charge in [0, 0.05) is 0 Å². The smallest absolute Gasteiger partial charge is 0.0780 e. The predicted octanol–water partition coefficient (Wildman–Crippen LogP) is 1.78. The number of quaternary nitrogens is 1. The predicted molar refractivity (Wildman–Crippen MR) is 79.8 cm³/mol. The van der Waals surface area contributed by atoms with E-state index in [1.54, 1.807) is 0 Å². The SMILES string of the molecule is CCCCCCCCCCCC[N+](C)(C)C.N.[Br-]. The number of nitrogens with zero attached hydrogens (tertiary/aromatic N) is 1. The van der Waals surface area contributed by atoms with E-state index in [1.807, 2.05) is 0 Å². The van der Waals surface area contributed by atoms with Gasteiger partial charge in [0.15, 0.2) is 0 Å². The summed E-state index contributed by atoms with van der Waals surface area (Å²) in [6.45, 7) is 3.62. The first-order valence-corrected chi connectivity index (χ1v) is 7.36. The van der Waals surface area contributed by atoms with Crippen molar-refractivity contribution in [2.45, 2.75) is 71.1 Å². The highest BCUT2D eigenvalue weighted by molar-refractivity contribution is 4.47. The van der Waals surface area contributed by atoms with Gasteiger partial charge in [-0.15, -0.1) is 0 Å². The van der Waals surface area contributed by atoms with Crippen LogP contribution in [0.2, 0.25) is 0 Å². The summed E-state index contributed by atoms with van der Waals surface area (Å²) < 4.78 is 1.12. The second-order valence-corrected chi connectivity index (χ2v) is 6.20. The minimum atomic E-state index is 0. The molecule has 0 amide bonds. The first-order chi connectivity index (χ1) is 7.56. The topological polar surface area (TPSA) is 35.0 Å². The molecule has 0 heterocycles. The van der Waals surface area contributed by atoms with E-state index in [4.69, 9.17) is 0 Å². The van der Waals surface area contributed by atoms with Gasteiger partial charge in [-0.25, -0.2) is 0 Å². The second-order valence-electron chi connectivity index (χ2n) is 6.20. The molecule has 0 aliphatic carbocycles. The van der Waals surface area contributed by atoms with Crippen LogP contribution in [0.1, 0.15) is 71.1 Å². The minimum Gasteiger partial charge on any atom is -1.00 e. The lowest BCUT2D eigenvalue weighted by atomic mass is 10.1. The Balaban J connectivity index is -0.00000112. The van der Waals surface area contributed by atoms with Crippen molar-refractivity contribution in [2.24, 2.45) is 0 Å². The Morgan fingerprint density at radius 3 is 1.28 bits per heavy atom. The van der Waals surface area contributed by atoms with Crippen molar-refractivity contribution in [1.82, 2.24) is 6.15 Å². The number of rotatable bonds is 11. The Morgan fingerprint density at radius 1 is 0.611 bits per heavy atom. The van der Waals surface area contributed by atoms with E-state index in [2.05, 4.69) is 28.1 Å². The van der Waals surface area contributed by atoms with Crippen LogP contribution in [0, 0.1) is 0 Å². The van der Waals surface area contributed by atoms with E-state index in [-0.39, 0.29) is 23.1 Å². The van der Waals surface area contributed by atoms with E-state index in [0.29, 0.717) is 0 Å². The fourth-order valence-electron chi connectivity index (χ4n) is 2.07. The summed E-state index contributed by atoms with van der Waals surface area (Å²) in [5.74, 6) is 0. The van der Waals surface area contributed by atoms with E-state index >= 15 is 0 Å². The molecule has 0 unspecified atom stereocenters. The van der Waals surface area contributed by atoms with Crippen LogP contribution >= 0.6 is 0 Å². The van der Waals surface area contributed by atoms with Crippen molar-refractivity contribution >= 4 is 0 Å². The number of halogens is 1. The molecule has 2 nitrogen and oxygen atoms in total. The molecule has 0 fully saturated rings. The third-order valence-electron chi connectivity index (χ3n) is 3.18. The quantitative estimate of drug-likeness (QED) is 0.456. The average molecular weight is 325 g/mol. The van der Waals surface area contributed by atoms with Gasteiger partial charge in [0.2, 0.25) is 0 Å². The Labute approximate surface area is 126 Å². The largest absolute Gasteiger partial charge is 1.00 e. The van der Waals surface area contributed by atoms with Crippen LogP contribution in [0.15, 0.2) is 0 Å². The van der Waals surface area contributed by atoms with Crippen molar-refractivity contribution < 1.29 is 21.5 Å². The maximum absolute atomic E-state index is 2.29. The molecule has 0 saturated carbocycles. The van der Waals surface area contributed by atoms with Gasteiger partial charge in [0.25, 0.3) is 0 Å². The van der Waals surface area contributed by atoms with Crippen molar-refractivity contribution in [3.05, 3.63) is 0 Å². The lowest BCUT2D eigenvalue weighted by Gasteiger charge is -2.23. The third-order valence-corrected chi connectivity index (χ3v) is 3.18.